The Balaban J connectivity index is 2.42. The first-order valence-corrected chi connectivity index (χ1v) is 4.91. The predicted molar refractivity (Wildman–Crippen MR) is 53.5 cm³/mol. The summed E-state index contributed by atoms with van der Waals surface area (Å²) < 4.78 is 43.8. The molecule has 0 spiro atoms. The van der Waals surface area contributed by atoms with E-state index in [0.717, 1.165) is 5.56 Å². The highest BCUT2D eigenvalue weighted by Gasteiger charge is 2.30. The van der Waals surface area contributed by atoms with E-state index in [2.05, 4.69) is 9.47 Å². The fraction of sp³-hybridized carbons (Fsp3) is 0.364. The maximum atomic E-state index is 11.9. The number of rotatable bonds is 6. The van der Waals surface area contributed by atoms with Crippen LogP contribution in [0.25, 0.3) is 0 Å². The minimum Gasteiger partial charge on any atom is -0.468 e. The van der Waals surface area contributed by atoms with E-state index in [1.165, 1.54) is 12.1 Å². The van der Waals surface area contributed by atoms with Crippen molar-refractivity contribution in [2.45, 2.75) is 19.2 Å². The molecule has 0 aromatic heterocycles. The molecule has 0 aliphatic rings. The van der Waals surface area contributed by atoms with Gasteiger partial charge in [-0.2, -0.15) is 0 Å². The Labute approximate surface area is 96.1 Å². The van der Waals surface area contributed by atoms with Gasteiger partial charge < -0.3 is 9.47 Å². The van der Waals surface area contributed by atoms with Crippen LogP contribution in [0.2, 0.25) is 0 Å². The average Bonchev–Trinajstić information content (AvgIpc) is 2.25. The van der Waals surface area contributed by atoms with E-state index in [1.54, 1.807) is 12.1 Å². The second-order valence-electron chi connectivity index (χ2n) is 3.26. The molecule has 1 aromatic carbocycles. The molecule has 0 aliphatic carbocycles. The molecule has 17 heavy (non-hydrogen) atoms. The molecule has 94 valence electrons. The second kappa shape index (κ2) is 6.12. The summed E-state index contributed by atoms with van der Waals surface area (Å²) in [7, 11) is 0. The Morgan fingerprint density at radius 3 is 2.35 bits per heavy atom. The van der Waals surface area contributed by atoms with Crippen molar-refractivity contribution in [1.82, 2.24) is 0 Å². The minimum absolute atomic E-state index is 0.245. The summed E-state index contributed by atoms with van der Waals surface area (Å²) in [4.78, 5) is 9.85. The summed E-state index contributed by atoms with van der Waals surface area (Å²) in [5.41, 5.74) is 0.856. The van der Waals surface area contributed by atoms with Crippen LogP contribution in [0.5, 0.6) is 5.75 Å². The van der Waals surface area contributed by atoms with E-state index >= 15 is 0 Å². The fourth-order valence-electron chi connectivity index (χ4n) is 1.27. The molecule has 0 aliphatic heterocycles. The molecule has 0 fully saturated rings. The van der Waals surface area contributed by atoms with Gasteiger partial charge in [0, 0.05) is 0 Å². The molecule has 1 aromatic rings. The zero-order valence-electron chi connectivity index (χ0n) is 8.87. The van der Waals surface area contributed by atoms with E-state index in [0.29, 0.717) is 25.9 Å². The van der Waals surface area contributed by atoms with Gasteiger partial charge in [0.05, 0.1) is 6.61 Å². The van der Waals surface area contributed by atoms with E-state index in [9.17, 15) is 18.0 Å². The van der Waals surface area contributed by atoms with Gasteiger partial charge in [-0.25, -0.2) is 0 Å². The third-order valence-electron chi connectivity index (χ3n) is 1.95. The monoisotopic (exact) mass is 248 g/mol. The van der Waals surface area contributed by atoms with Crippen LogP contribution in [0, 0.1) is 0 Å². The summed E-state index contributed by atoms with van der Waals surface area (Å²) in [5.74, 6) is -0.245. The van der Waals surface area contributed by atoms with E-state index in [4.69, 9.17) is 0 Å². The number of carbonyl (C=O) groups excluding carboxylic acids is 1. The molecule has 0 saturated carbocycles. The number of ether oxygens (including phenoxy) is 2. The largest absolute Gasteiger partial charge is 0.573 e. The molecule has 6 heteroatoms. The molecule has 3 nitrogen and oxygen atoms in total. The van der Waals surface area contributed by atoms with Gasteiger partial charge in [-0.15, -0.1) is 13.2 Å². The molecule has 0 unspecified atom stereocenters. The number of hydrogen-bond acceptors (Lipinski definition) is 3. The number of carbonyl (C=O) groups is 1. The number of halogens is 3. The highest BCUT2D eigenvalue weighted by molar-refractivity contribution is 5.36. The van der Waals surface area contributed by atoms with Crippen molar-refractivity contribution in [2.24, 2.45) is 0 Å². The van der Waals surface area contributed by atoms with E-state index in [1.807, 2.05) is 0 Å². The Bertz CT molecular complexity index is 346. The maximum Gasteiger partial charge on any atom is 0.573 e. The Kier molecular flexibility index (Phi) is 4.81. The van der Waals surface area contributed by atoms with Crippen molar-refractivity contribution in [1.29, 1.82) is 0 Å². The van der Waals surface area contributed by atoms with Gasteiger partial charge >= 0.3 is 6.36 Å². The first kappa shape index (κ1) is 13.3. The Morgan fingerprint density at radius 1 is 1.18 bits per heavy atom. The molecule has 1 rings (SSSR count). The summed E-state index contributed by atoms with van der Waals surface area (Å²) >= 11 is 0. The van der Waals surface area contributed by atoms with Gasteiger partial charge in [0.1, 0.15) is 5.75 Å². The third-order valence-corrected chi connectivity index (χ3v) is 1.95. The molecule has 0 N–H and O–H groups in total. The zero-order valence-corrected chi connectivity index (χ0v) is 8.87. The standard InChI is InChI=1S/C11H11F3O3/c12-11(13,14)17-10-5-3-9(4-6-10)2-1-7-16-8-15/h3-6,8H,1-2,7H2. The molecule has 0 atom stereocenters. The number of benzene rings is 1. The van der Waals surface area contributed by atoms with Gasteiger partial charge in [-0.3, -0.25) is 4.79 Å². The summed E-state index contributed by atoms with van der Waals surface area (Å²) in [6.07, 6.45) is -3.42. The van der Waals surface area contributed by atoms with Crippen molar-refractivity contribution in [2.75, 3.05) is 6.61 Å². The third kappa shape index (κ3) is 5.79. The lowest BCUT2D eigenvalue weighted by Gasteiger charge is -2.09. The molecular weight excluding hydrogens is 237 g/mol. The van der Waals surface area contributed by atoms with Gasteiger partial charge in [-0.05, 0) is 30.5 Å². The lowest BCUT2D eigenvalue weighted by molar-refractivity contribution is -0.274. The highest BCUT2D eigenvalue weighted by atomic mass is 19.4. The number of hydrogen-bond donors (Lipinski definition) is 0. The van der Waals surface area contributed by atoms with Crippen molar-refractivity contribution in [3.8, 4) is 5.75 Å². The molecule has 0 saturated heterocycles. The molecule has 0 radical (unpaired) electrons. The first-order chi connectivity index (χ1) is 8.01. The van der Waals surface area contributed by atoms with Crippen molar-refractivity contribution in [3.63, 3.8) is 0 Å². The summed E-state index contributed by atoms with van der Waals surface area (Å²) in [5, 5.41) is 0. The Hall–Kier alpha value is -1.72. The van der Waals surface area contributed by atoms with Crippen LogP contribution in [0.15, 0.2) is 24.3 Å². The SMILES string of the molecule is O=COCCCc1ccc(OC(F)(F)F)cc1. The van der Waals surface area contributed by atoms with Crippen molar-refractivity contribution < 1.29 is 27.4 Å². The molecule has 0 bridgehead atoms. The molecular formula is C11H11F3O3. The minimum atomic E-state index is -4.67. The van der Waals surface area contributed by atoms with Gasteiger partial charge in [0.15, 0.2) is 0 Å². The van der Waals surface area contributed by atoms with Crippen LogP contribution in [0.1, 0.15) is 12.0 Å². The number of alkyl halides is 3. The predicted octanol–water partition coefficient (Wildman–Crippen LogP) is 2.69. The molecule has 0 amide bonds. The van der Waals surface area contributed by atoms with E-state index < -0.39 is 6.36 Å². The van der Waals surface area contributed by atoms with Crippen LogP contribution >= 0.6 is 0 Å². The zero-order chi connectivity index (χ0) is 12.7. The van der Waals surface area contributed by atoms with Crippen LogP contribution in [-0.2, 0) is 16.0 Å². The normalized spacial score (nSPS) is 11.0. The highest BCUT2D eigenvalue weighted by Crippen LogP contribution is 2.22. The smallest absolute Gasteiger partial charge is 0.468 e. The van der Waals surface area contributed by atoms with Crippen LogP contribution < -0.4 is 4.74 Å². The average molecular weight is 248 g/mol. The first-order valence-electron chi connectivity index (χ1n) is 4.91. The lowest BCUT2D eigenvalue weighted by atomic mass is 10.1. The number of aryl methyl sites for hydroxylation is 1. The topological polar surface area (TPSA) is 35.5 Å². The summed E-state index contributed by atoms with van der Waals surface area (Å²) in [6.45, 7) is 0.657. The quantitative estimate of drug-likeness (QED) is 0.573. The lowest BCUT2D eigenvalue weighted by Crippen LogP contribution is -2.17. The maximum absolute atomic E-state index is 11.9. The van der Waals surface area contributed by atoms with Crippen LogP contribution in [-0.4, -0.2) is 19.4 Å². The van der Waals surface area contributed by atoms with Crippen LogP contribution in [0.4, 0.5) is 13.2 Å². The molecule has 0 heterocycles. The Morgan fingerprint density at radius 2 is 1.82 bits per heavy atom. The van der Waals surface area contributed by atoms with Gasteiger partial charge in [0.2, 0.25) is 0 Å². The van der Waals surface area contributed by atoms with Crippen LogP contribution in [0.3, 0.4) is 0 Å². The van der Waals surface area contributed by atoms with Gasteiger partial charge in [-0.1, -0.05) is 12.1 Å². The second-order valence-corrected chi connectivity index (χ2v) is 3.26. The van der Waals surface area contributed by atoms with Crippen molar-refractivity contribution >= 4 is 6.47 Å². The summed E-state index contributed by atoms with van der Waals surface area (Å²) in [6, 6.07) is 5.59. The van der Waals surface area contributed by atoms with Crippen molar-refractivity contribution in [3.05, 3.63) is 29.8 Å². The van der Waals surface area contributed by atoms with Gasteiger partial charge in [0.25, 0.3) is 6.47 Å². The van der Waals surface area contributed by atoms with E-state index in [-0.39, 0.29) is 5.75 Å². The fourth-order valence-corrected chi connectivity index (χ4v) is 1.27.